The Labute approximate surface area is 192 Å². The Morgan fingerprint density at radius 3 is 2.69 bits per heavy atom. The highest BCUT2D eigenvalue weighted by atomic mass is 35.5. The molecule has 0 N–H and O–H groups in total. The van der Waals surface area contributed by atoms with E-state index in [0.717, 1.165) is 24.9 Å². The Morgan fingerprint density at radius 1 is 1.16 bits per heavy atom. The second kappa shape index (κ2) is 10.4. The van der Waals surface area contributed by atoms with Gasteiger partial charge in [0.1, 0.15) is 0 Å². The standard InChI is InChI=1S/C23H29ClN4O4/c1-2-31-23(30)16-9-12-28(13-10-16)22(29)17-6-5-11-27(14-17)15-20-25-21(26-32-20)18-7-3-4-8-19(18)24/h3-4,7-8,16-17H,2,5-6,9-15H2,1H3. The molecule has 1 amide bonds. The van der Waals surface area contributed by atoms with E-state index in [0.29, 0.717) is 62.4 Å². The third kappa shape index (κ3) is 5.30. The lowest BCUT2D eigenvalue weighted by Gasteiger charge is -2.37. The fraction of sp³-hybridized carbons (Fsp3) is 0.565. The first-order chi connectivity index (χ1) is 15.5. The summed E-state index contributed by atoms with van der Waals surface area (Å²) in [5.74, 6) is 0.891. The quantitative estimate of drug-likeness (QED) is 0.610. The second-order valence-corrected chi connectivity index (χ2v) is 8.82. The molecule has 3 heterocycles. The molecule has 0 bridgehead atoms. The highest BCUT2D eigenvalue weighted by Gasteiger charge is 2.33. The number of piperidine rings is 2. The van der Waals surface area contributed by atoms with Gasteiger partial charge in [0, 0.05) is 25.2 Å². The van der Waals surface area contributed by atoms with Crippen molar-refractivity contribution in [1.82, 2.24) is 19.9 Å². The van der Waals surface area contributed by atoms with Gasteiger partial charge < -0.3 is 14.2 Å². The predicted molar refractivity (Wildman–Crippen MR) is 119 cm³/mol. The Balaban J connectivity index is 1.31. The zero-order valence-corrected chi connectivity index (χ0v) is 19.1. The maximum Gasteiger partial charge on any atom is 0.309 e. The molecule has 0 radical (unpaired) electrons. The molecule has 2 aromatic rings. The minimum Gasteiger partial charge on any atom is -0.466 e. The Morgan fingerprint density at radius 2 is 1.94 bits per heavy atom. The molecule has 0 saturated carbocycles. The number of amides is 1. The zero-order chi connectivity index (χ0) is 22.5. The summed E-state index contributed by atoms with van der Waals surface area (Å²) >= 11 is 6.23. The first-order valence-corrected chi connectivity index (χ1v) is 11.7. The van der Waals surface area contributed by atoms with E-state index < -0.39 is 0 Å². The number of esters is 1. The van der Waals surface area contributed by atoms with Crippen LogP contribution >= 0.6 is 11.6 Å². The molecule has 32 heavy (non-hydrogen) atoms. The van der Waals surface area contributed by atoms with E-state index in [1.807, 2.05) is 30.0 Å². The Bertz CT molecular complexity index is 942. The van der Waals surface area contributed by atoms with Crippen LogP contribution in [0, 0.1) is 11.8 Å². The molecule has 172 valence electrons. The van der Waals surface area contributed by atoms with Crippen molar-refractivity contribution in [3.05, 3.63) is 35.2 Å². The van der Waals surface area contributed by atoms with E-state index in [1.54, 1.807) is 6.07 Å². The van der Waals surface area contributed by atoms with E-state index >= 15 is 0 Å². The van der Waals surface area contributed by atoms with Crippen LogP contribution in [-0.2, 0) is 20.9 Å². The number of carbonyl (C=O) groups is 2. The van der Waals surface area contributed by atoms with Gasteiger partial charge in [0.15, 0.2) is 0 Å². The molecule has 2 aliphatic rings. The Hall–Kier alpha value is -2.45. The van der Waals surface area contributed by atoms with Crippen molar-refractivity contribution in [1.29, 1.82) is 0 Å². The molecule has 9 heteroatoms. The summed E-state index contributed by atoms with van der Waals surface area (Å²) in [6, 6.07) is 7.39. The summed E-state index contributed by atoms with van der Waals surface area (Å²) in [7, 11) is 0. The predicted octanol–water partition coefficient (Wildman–Crippen LogP) is 3.40. The first-order valence-electron chi connectivity index (χ1n) is 11.3. The first kappa shape index (κ1) is 22.7. The van der Waals surface area contributed by atoms with Gasteiger partial charge in [0.2, 0.25) is 17.6 Å². The molecular formula is C23H29ClN4O4. The van der Waals surface area contributed by atoms with Gasteiger partial charge in [-0.1, -0.05) is 28.9 Å². The molecule has 0 aliphatic carbocycles. The number of hydrogen-bond donors (Lipinski definition) is 0. The lowest BCUT2D eigenvalue weighted by molar-refractivity contribution is -0.152. The molecule has 2 aliphatic heterocycles. The number of benzene rings is 1. The van der Waals surface area contributed by atoms with Crippen molar-refractivity contribution in [2.75, 3.05) is 32.8 Å². The van der Waals surface area contributed by atoms with Crippen molar-refractivity contribution in [3.63, 3.8) is 0 Å². The minimum atomic E-state index is -0.140. The third-order valence-electron chi connectivity index (χ3n) is 6.22. The van der Waals surface area contributed by atoms with Crippen LogP contribution in [0.1, 0.15) is 38.5 Å². The van der Waals surface area contributed by atoms with Crippen molar-refractivity contribution < 1.29 is 18.8 Å². The van der Waals surface area contributed by atoms with Crippen molar-refractivity contribution >= 4 is 23.5 Å². The average Bonchev–Trinajstić information content (AvgIpc) is 3.27. The molecular weight excluding hydrogens is 432 g/mol. The number of aromatic nitrogens is 2. The smallest absolute Gasteiger partial charge is 0.309 e. The monoisotopic (exact) mass is 460 g/mol. The van der Waals surface area contributed by atoms with Crippen molar-refractivity contribution in [3.8, 4) is 11.4 Å². The summed E-state index contributed by atoms with van der Waals surface area (Å²) in [5, 5.41) is 4.64. The van der Waals surface area contributed by atoms with E-state index in [-0.39, 0.29) is 23.7 Å². The summed E-state index contributed by atoms with van der Waals surface area (Å²) < 4.78 is 10.6. The van der Waals surface area contributed by atoms with Gasteiger partial charge in [-0.25, -0.2) is 0 Å². The van der Waals surface area contributed by atoms with Gasteiger partial charge in [-0.15, -0.1) is 0 Å². The number of halogens is 1. The Kier molecular flexibility index (Phi) is 7.42. The van der Waals surface area contributed by atoms with Gasteiger partial charge in [-0.2, -0.15) is 4.98 Å². The van der Waals surface area contributed by atoms with Crippen LogP contribution in [0.2, 0.25) is 5.02 Å². The van der Waals surface area contributed by atoms with Crippen molar-refractivity contribution in [2.24, 2.45) is 11.8 Å². The number of ether oxygens (including phenoxy) is 1. The highest BCUT2D eigenvalue weighted by Crippen LogP contribution is 2.27. The summed E-state index contributed by atoms with van der Waals surface area (Å²) in [5.41, 5.74) is 0.738. The van der Waals surface area contributed by atoms with Crippen LogP contribution in [0.5, 0.6) is 0 Å². The summed E-state index contributed by atoms with van der Waals surface area (Å²) in [6.07, 6.45) is 3.17. The SMILES string of the molecule is CCOC(=O)C1CCN(C(=O)C2CCCN(Cc3nc(-c4ccccc4Cl)no3)C2)CC1. The van der Waals surface area contributed by atoms with Crippen LogP contribution in [0.15, 0.2) is 28.8 Å². The summed E-state index contributed by atoms with van der Waals surface area (Å²) in [4.78, 5) is 33.6. The molecule has 2 fully saturated rings. The van der Waals surface area contributed by atoms with Crippen LogP contribution in [0.3, 0.4) is 0 Å². The molecule has 1 aromatic carbocycles. The molecule has 2 saturated heterocycles. The lowest BCUT2D eigenvalue weighted by atomic mass is 9.93. The van der Waals surface area contributed by atoms with Gasteiger partial charge in [0.25, 0.3) is 0 Å². The van der Waals surface area contributed by atoms with E-state index in [2.05, 4.69) is 15.0 Å². The van der Waals surface area contributed by atoms with Crippen LogP contribution in [-0.4, -0.2) is 64.6 Å². The molecule has 0 spiro atoms. The van der Waals surface area contributed by atoms with Gasteiger partial charge in [0.05, 0.1) is 30.0 Å². The van der Waals surface area contributed by atoms with Crippen LogP contribution in [0.25, 0.3) is 11.4 Å². The molecule has 1 unspecified atom stereocenters. The third-order valence-corrected chi connectivity index (χ3v) is 6.55. The average molecular weight is 461 g/mol. The minimum absolute atomic E-state index is 0.0474. The molecule has 4 rings (SSSR count). The molecule has 1 aromatic heterocycles. The van der Waals surface area contributed by atoms with E-state index in [9.17, 15) is 9.59 Å². The summed E-state index contributed by atoms with van der Waals surface area (Å²) in [6.45, 7) is 5.51. The van der Waals surface area contributed by atoms with Gasteiger partial charge >= 0.3 is 5.97 Å². The normalized spacial score (nSPS) is 20.3. The lowest BCUT2D eigenvalue weighted by Crippen LogP contribution is -2.47. The zero-order valence-electron chi connectivity index (χ0n) is 18.3. The number of likely N-dealkylation sites (tertiary alicyclic amines) is 2. The van der Waals surface area contributed by atoms with Crippen LogP contribution in [0.4, 0.5) is 0 Å². The topological polar surface area (TPSA) is 88.8 Å². The second-order valence-electron chi connectivity index (χ2n) is 8.42. The maximum absolute atomic E-state index is 13.1. The number of nitrogens with zero attached hydrogens (tertiary/aromatic N) is 4. The molecule has 8 nitrogen and oxygen atoms in total. The van der Waals surface area contributed by atoms with E-state index in [1.165, 1.54) is 0 Å². The molecule has 1 atom stereocenters. The van der Waals surface area contributed by atoms with Gasteiger partial charge in [-0.05, 0) is 51.3 Å². The number of hydrogen-bond acceptors (Lipinski definition) is 7. The van der Waals surface area contributed by atoms with Gasteiger partial charge in [-0.3, -0.25) is 14.5 Å². The fourth-order valence-corrected chi connectivity index (χ4v) is 4.74. The highest BCUT2D eigenvalue weighted by molar-refractivity contribution is 6.33. The number of rotatable bonds is 6. The maximum atomic E-state index is 13.1. The largest absolute Gasteiger partial charge is 0.466 e. The number of carbonyl (C=O) groups excluding carboxylic acids is 2. The van der Waals surface area contributed by atoms with E-state index in [4.69, 9.17) is 20.9 Å². The fourth-order valence-electron chi connectivity index (χ4n) is 4.52. The van der Waals surface area contributed by atoms with Crippen molar-refractivity contribution in [2.45, 2.75) is 39.2 Å². The van der Waals surface area contributed by atoms with Crippen LogP contribution < -0.4 is 0 Å².